The Morgan fingerprint density at radius 1 is 0.731 bits per heavy atom. The third-order valence-corrected chi connectivity index (χ3v) is 3.15. The van der Waals surface area contributed by atoms with Crippen molar-refractivity contribution < 1.29 is 42.5 Å². The number of carbonyl (C=O) groups is 4. The Kier molecular flexibility index (Phi) is 7.94. The lowest BCUT2D eigenvalue weighted by Gasteiger charge is -2.06. The Balaban J connectivity index is 3.58. The molecular weight excluding hydrogens is 351 g/mol. The summed E-state index contributed by atoms with van der Waals surface area (Å²) in [5.74, 6) is -3.87. The van der Waals surface area contributed by atoms with Crippen molar-refractivity contribution >= 4 is 35.0 Å². The Bertz CT molecular complexity index is 786. The van der Waals surface area contributed by atoms with Crippen molar-refractivity contribution in [2.75, 3.05) is 34.6 Å². The highest BCUT2D eigenvalue weighted by atomic mass is 19.1. The molecule has 0 atom stereocenters. The number of hydrogen-bond acceptors (Lipinski definition) is 8. The summed E-state index contributed by atoms with van der Waals surface area (Å²) in [6.07, 6.45) is 0. The minimum atomic E-state index is -1.06. The molecule has 0 aromatic heterocycles. The van der Waals surface area contributed by atoms with Crippen LogP contribution < -0.4 is 10.4 Å². The highest BCUT2D eigenvalue weighted by molar-refractivity contribution is 6.37. The van der Waals surface area contributed by atoms with Gasteiger partial charge in [-0.05, 0) is 10.4 Å². The van der Waals surface area contributed by atoms with Gasteiger partial charge in [-0.3, -0.25) is 0 Å². The smallest absolute Gasteiger partial charge is 0.346 e. The van der Waals surface area contributed by atoms with E-state index >= 15 is 0 Å². The number of alkyl halides is 1. The van der Waals surface area contributed by atoms with Gasteiger partial charge in [0.05, 0.1) is 21.3 Å². The molecule has 0 radical (unpaired) electrons. The third-order valence-electron chi connectivity index (χ3n) is 3.15. The van der Waals surface area contributed by atoms with E-state index in [2.05, 4.69) is 18.9 Å². The van der Waals surface area contributed by atoms with Crippen molar-refractivity contribution in [2.24, 2.45) is 0 Å². The van der Waals surface area contributed by atoms with Crippen LogP contribution in [0.5, 0.6) is 0 Å². The lowest BCUT2D eigenvalue weighted by molar-refractivity contribution is -0.143. The zero-order chi connectivity index (χ0) is 19.7. The van der Waals surface area contributed by atoms with Gasteiger partial charge < -0.3 is 18.9 Å². The van der Waals surface area contributed by atoms with Crippen molar-refractivity contribution in [3.8, 4) is 0 Å². The van der Waals surface area contributed by atoms with Crippen LogP contribution in [0.4, 0.5) is 4.39 Å². The molecule has 1 rings (SSSR count). The molecule has 140 valence electrons. The van der Waals surface area contributed by atoms with Gasteiger partial charge >= 0.3 is 23.9 Å². The molecule has 0 fully saturated rings. The first-order chi connectivity index (χ1) is 12.4. The molecule has 1 aromatic rings. The molecule has 0 saturated carbocycles. The zero-order valence-corrected chi connectivity index (χ0v) is 14.4. The second kappa shape index (κ2) is 9.92. The molecule has 0 aliphatic heterocycles. The van der Waals surface area contributed by atoms with E-state index in [-0.39, 0.29) is 16.0 Å². The Morgan fingerprint density at radius 2 is 1.08 bits per heavy atom. The van der Waals surface area contributed by atoms with E-state index in [0.29, 0.717) is 0 Å². The van der Waals surface area contributed by atoms with Gasteiger partial charge in [0, 0.05) is 0 Å². The van der Waals surface area contributed by atoms with Crippen LogP contribution in [0.15, 0.2) is 24.3 Å². The van der Waals surface area contributed by atoms with E-state index in [1.807, 2.05) is 0 Å². The van der Waals surface area contributed by atoms with E-state index < -0.39 is 42.7 Å². The highest BCUT2D eigenvalue weighted by Gasteiger charge is 2.23. The van der Waals surface area contributed by atoms with E-state index in [1.165, 1.54) is 24.3 Å². The second-order valence-electron chi connectivity index (χ2n) is 4.63. The molecule has 8 nitrogen and oxygen atoms in total. The van der Waals surface area contributed by atoms with Crippen LogP contribution in [0, 0.1) is 0 Å². The van der Waals surface area contributed by atoms with Crippen LogP contribution in [-0.2, 0) is 38.1 Å². The predicted octanol–water partition coefficient (Wildman–Crippen LogP) is -0.980. The normalized spacial score (nSPS) is 9.69. The Labute approximate surface area is 147 Å². The van der Waals surface area contributed by atoms with Gasteiger partial charge in [-0.15, -0.1) is 0 Å². The Morgan fingerprint density at radius 3 is 1.38 bits per heavy atom. The van der Waals surface area contributed by atoms with E-state index in [0.717, 1.165) is 21.3 Å². The lowest BCUT2D eigenvalue weighted by Crippen LogP contribution is -2.27. The topological polar surface area (TPSA) is 105 Å². The molecule has 0 unspecified atom stereocenters. The summed E-state index contributed by atoms with van der Waals surface area (Å²) >= 11 is 0. The van der Waals surface area contributed by atoms with Crippen molar-refractivity contribution in [1.82, 2.24) is 0 Å². The van der Waals surface area contributed by atoms with Crippen LogP contribution in [0.2, 0.25) is 0 Å². The van der Waals surface area contributed by atoms with Crippen LogP contribution in [0.1, 0.15) is 0 Å². The summed E-state index contributed by atoms with van der Waals surface area (Å²) in [5.41, 5.74) is -0.814. The van der Waals surface area contributed by atoms with Gasteiger partial charge in [0.15, 0.2) is 11.1 Å². The molecule has 0 aliphatic carbocycles. The predicted molar refractivity (Wildman–Crippen MR) is 85.5 cm³/mol. The third kappa shape index (κ3) is 4.88. The molecule has 0 N–H and O–H groups in total. The molecule has 0 bridgehead atoms. The molecule has 0 aliphatic rings. The van der Waals surface area contributed by atoms with E-state index in [9.17, 15) is 23.6 Å². The van der Waals surface area contributed by atoms with Gasteiger partial charge in [-0.25, -0.2) is 23.6 Å². The molecule has 0 saturated heterocycles. The van der Waals surface area contributed by atoms with Crippen molar-refractivity contribution in [2.45, 2.75) is 0 Å². The summed E-state index contributed by atoms with van der Waals surface area (Å²) in [5, 5.41) is 0.243. The largest absolute Gasteiger partial charge is 0.465 e. The summed E-state index contributed by atoms with van der Waals surface area (Å²) in [6, 6.07) is 5.21. The highest BCUT2D eigenvalue weighted by Crippen LogP contribution is 2.02. The molecule has 0 heterocycles. The van der Waals surface area contributed by atoms with Gasteiger partial charge in [-0.2, -0.15) is 0 Å². The van der Waals surface area contributed by atoms with E-state index in [4.69, 9.17) is 0 Å². The average molecular weight is 368 g/mol. The maximum atomic E-state index is 12.2. The van der Waals surface area contributed by atoms with Gasteiger partial charge in [0.1, 0.15) is 13.3 Å². The quantitative estimate of drug-likeness (QED) is 0.358. The monoisotopic (exact) mass is 368 g/mol. The van der Waals surface area contributed by atoms with Crippen molar-refractivity contribution in [3.05, 3.63) is 34.7 Å². The van der Waals surface area contributed by atoms with Crippen LogP contribution in [0.3, 0.4) is 0 Å². The molecule has 0 spiro atoms. The fourth-order valence-electron chi connectivity index (χ4n) is 1.95. The lowest BCUT2D eigenvalue weighted by atomic mass is 10.1. The Hall–Kier alpha value is -3.23. The SMILES string of the molecule is COC(=O)C(C(=O)OC)=c1ccc(=C(C(=O)OC)C(=O)OCCF)cc1. The number of methoxy groups -OCH3 is 3. The minimum absolute atomic E-state index is 0.0959. The van der Waals surface area contributed by atoms with Gasteiger partial charge in [-0.1, -0.05) is 24.3 Å². The van der Waals surface area contributed by atoms with Crippen LogP contribution in [-0.4, -0.2) is 58.5 Å². The first-order valence-corrected chi connectivity index (χ1v) is 7.24. The van der Waals surface area contributed by atoms with Crippen molar-refractivity contribution in [3.63, 3.8) is 0 Å². The zero-order valence-electron chi connectivity index (χ0n) is 14.4. The standard InChI is InChI=1S/C17H17FO8/c1-23-14(19)12(15(20)24-2)10-4-6-11(7-5-10)13(16(21)25-3)17(22)26-9-8-18/h4-7H,8-9H2,1-3H3. The van der Waals surface area contributed by atoms with Crippen LogP contribution in [0.25, 0.3) is 11.1 Å². The summed E-state index contributed by atoms with van der Waals surface area (Å²) in [7, 11) is 3.27. The number of ether oxygens (including phenoxy) is 4. The summed E-state index contributed by atoms with van der Waals surface area (Å²) in [6.45, 7) is -1.42. The number of benzene rings is 1. The molecule has 1 aromatic carbocycles. The fraction of sp³-hybridized carbons (Fsp3) is 0.294. The summed E-state index contributed by atoms with van der Waals surface area (Å²) in [4.78, 5) is 47.3. The van der Waals surface area contributed by atoms with Gasteiger partial charge in [0.2, 0.25) is 0 Å². The first kappa shape index (κ1) is 20.8. The number of hydrogen-bond donors (Lipinski definition) is 0. The number of halogens is 1. The summed E-state index contributed by atoms with van der Waals surface area (Å²) < 4.78 is 30.4. The molecule has 26 heavy (non-hydrogen) atoms. The molecular formula is C17H17FO8. The fourth-order valence-corrected chi connectivity index (χ4v) is 1.95. The first-order valence-electron chi connectivity index (χ1n) is 7.24. The van der Waals surface area contributed by atoms with Crippen molar-refractivity contribution in [1.29, 1.82) is 0 Å². The second-order valence-corrected chi connectivity index (χ2v) is 4.63. The van der Waals surface area contributed by atoms with Gasteiger partial charge in [0.25, 0.3) is 0 Å². The average Bonchev–Trinajstić information content (AvgIpc) is 2.67. The maximum Gasteiger partial charge on any atom is 0.346 e. The van der Waals surface area contributed by atoms with Crippen LogP contribution >= 0.6 is 0 Å². The molecule has 0 amide bonds. The number of rotatable bonds is 6. The minimum Gasteiger partial charge on any atom is -0.465 e. The van der Waals surface area contributed by atoms with E-state index in [1.54, 1.807) is 0 Å². The number of esters is 4. The maximum absolute atomic E-state index is 12.2. The molecule has 9 heteroatoms. The number of carbonyl (C=O) groups excluding carboxylic acids is 4.